The molecule has 2 fully saturated rings. The summed E-state index contributed by atoms with van der Waals surface area (Å²) in [6.45, 7) is 3.47. The molecule has 6 aromatic rings. The fourth-order valence-electron chi connectivity index (χ4n) is 9.45. The third-order valence-electron chi connectivity index (χ3n) is 12.0. The fourth-order valence-corrected chi connectivity index (χ4v) is 10.3. The Morgan fingerprint density at radius 3 is 2.11 bits per heavy atom. The van der Waals surface area contributed by atoms with E-state index in [1.165, 1.54) is 30.6 Å². The van der Waals surface area contributed by atoms with Gasteiger partial charge in [-0.05, 0) is 58.5 Å². The van der Waals surface area contributed by atoms with Crippen LogP contribution < -0.4 is 15.5 Å². The van der Waals surface area contributed by atoms with Crippen molar-refractivity contribution >= 4 is 62.2 Å². The number of ether oxygens (including phenoxy) is 2. The number of carbonyl (C=O) groups is 5. The number of imide groups is 1. The standard InChI is InChI=1S/C47H41N5O8S/c1-26(2)36(42(55)59-3)49-46(58)51-33-20-12-10-18-31(33)47(44(51)57)35(41(54)50-45-48-32-19-11-13-21-34(32)61-45)38-43(56)60-39(28-16-8-5-9-17-28)37(27-14-6-4-7-15-27)52(38)40(47)29-22-24-30(53)25-23-29/h4-26,35-40,53H,1-3H3,(H,49,58)(H,48,50,54). The summed E-state index contributed by atoms with van der Waals surface area (Å²) in [5.41, 5.74) is 1.03. The zero-order valence-corrected chi connectivity index (χ0v) is 34.1. The number of methoxy groups -OCH3 is 1. The Labute approximate surface area is 354 Å². The van der Waals surface area contributed by atoms with Gasteiger partial charge in [0.25, 0.3) is 0 Å². The van der Waals surface area contributed by atoms with Crippen LogP contribution >= 0.6 is 11.3 Å². The summed E-state index contributed by atoms with van der Waals surface area (Å²) in [4.78, 5) is 82.0. The molecule has 0 aliphatic carbocycles. The number of benzene rings is 5. The summed E-state index contributed by atoms with van der Waals surface area (Å²) in [6, 6.07) is 33.7. The number of hydrogen-bond acceptors (Lipinski definition) is 11. The lowest BCUT2D eigenvalue weighted by Gasteiger charge is -2.46. The highest BCUT2D eigenvalue weighted by atomic mass is 32.1. The first-order chi connectivity index (χ1) is 29.5. The Bertz CT molecular complexity index is 2640. The monoisotopic (exact) mass is 835 g/mol. The molecular formula is C47H41N5O8S. The lowest BCUT2D eigenvalue weighted by atomic mass is 9.65. The second-order valence-electron chi connectivity index (χ2n) is 15.7. The molecule has 13 nitrogen and oxygen atoms in total. The third kappa shape index (κ3) is 6.41. The van der Waals surface area contributed by atoms with Gasteiger partial charge in [-0.2, -0.15) is 0 Å². The number of amides is 4. The molecule has 7 unspecified atom stereocenters. The number of rotatable bonds is 8. The van der Waals surface area contributed by atoms with Crippen molar-refractivity contribution in [2.24, 2.45) is 11.8 Å². The van der Waals surface area contributed by atoms with E-state index in [4.69, 9.17) is 9.47 Å². The van der Waals surface area contributed by atoms with Crippen LogP contribution in [0.4, 0.5) is 15.6 Å². The normalized spacial score (nSPS) is 23.7. The van der Waals surface area contributed by atoms with Gasteiger partial charge < -0.3 is 25.2 Å². The molecule has 9 rings (SSSR count). The number of para-hydroxylation sites is 2. The van der Waals surface area contributed by atoms with E-state index in [-0.39, 0.29) is 16.6 Å². The van der Waals surface area contributed by atoms with Crippen molar-refractivity contribution in [3.05, 3.63) is 156 Å². The van der Waals surface area contributed by atoms with Crippen molar-refractivity contribution in [2.45, 2.75) is 49.5 Å². The smallest absolute Gasteiger partial charge is 0.329 e. The van der Waals surface area contributed by atoms with E-state index in [2.05, 4.69) is 15.6 Å². The number of anilines is 2. The molecule has 3 aliphatic rings. The van der Waals surface area contributed by atoms with E-state index >= 15 is 14.4 Å². The number of fused-ring (bicyclic) bond motifs is 4. The lowest BCUT2D eigenvalue weighted by Crippen LogP contribution is -2.57. The average Bonchev–Trinajstić information content (AvgIpc) is 3.91. The first-order valence-corrected chi connectivity index (χ1v) is 20.7. The number of esters is 2. The highest BCUT2D eigenvalue weighted by molar-refractivity contribution is 7.22. The number of cyclic esters (lactones) is 1. The van der Waals surface area contributed by atoms with Crippen LogP contribution in [0, 0.1) is 11.8 Å². The largest absolute Gasteiger partial charge is 0.508 e. The molecule has 0 bridgehead atoms. The molecule has 7 atom stereocenters. The Morgan fingerprint density at radius 1 is 0.803 bits per heavy atom. The number of aromatic nitrogens is 1. The molecule has 1 spiro atoms. The molecule has 1 aromatic heterocycles. The molecule has 61 heavy (non-hydrogen) atoms. The van der Waals surface area contributed by atoms with Crippen molar-refractivity contribution in [3.63, 3.8) is 0 Å². The number of urea groups is 1. The van der Waals surface area contributed by atoms with Crippen LogP contribution in [0.5, 0.6) is 5.75 Å². The Kier molecular flexibility index (Phi) is 10.1. The highest BCUT2D eigenvalue weighted by Gasteiger charge is 2.75. The topological polar surface area (TPSA) is 167 Å². The van der Waals surface area contributed by atoms with Gasteiger partial charge in [-0.15, -0.1) is 0 Å². The number of phenolic OH excluding ortho intramolecular Hbond substituents is 1. The Balaban J connectivity index is 1.32. The lowest BCUT2D eigenvalue weighted by molar-refractivity contribution is -0.177. The van der Waals surface area contributed by atoms with Crippen molar-refractivity contribution < 1.29 is 38.6 Å². The maximum absolute atomic E-state index is 16.2. The zero-order valence-electron chi connectivity index (χ0n) is 33.3. The molecule has 14 heteroatoms. The van der Waals surface area contributed by atoms with E-state index in [9.17, 15) is 14.7 Å². The van der Waals surface area contributed by atoms with E-state index in [1.807, 2.05) is 89.8 Å². The fraction of sp³-hybridized carbons (Fsp3) is 0.234. The number of carbonyl (C=O) groups excluding carboxylic acids is 5. The predicted molar refractivity (Wildman–Crippen MR) is 227 cm³/mol. The summed E-state index contributed by atoms with van der Waals surface area (Å²) < 4.78 is 12.3. The summed E-state index contributed by atoms with van der Waals surface area (Å²) in [6.07, 6.45) is -0.909. The average molecular weight is 836 g/mol. The predicted octanol–water partition coefficient (Wildman–Crippen LogP) is 7.21. The molecule has 3 aliphatic heterocycles. The van der Waals surface area contributed by atoms with Crippen LogP contribution in [0.3, 0.4) is 0 Å². The van der Waals surface area contributed by atoms with E-state index in [0.717, 1.165) is 15.2 Å². The molecule has 0 saturated carbocycles. The van der Waals surface area contributed by atoms with Crippen LogP contribution in [0.15, 0.2) is 133 Å². The quantitative estimate of drug-likeness (QED) is 0.133. The number of phenols is 1. The van der Waals surface area contributed by atoms with Gasteiger partial charge in [-0.3, -0.25) is 19.3 Å². The SMILES string of the molecule is COC(=O)C(NC(=O)N1C(=O)C2(c3ccccc31)C(C(=O)Nc1nc3ccccc3s1)C1C(=O)OC(c3ccccc3)C(c3ccccc3)N1C2c1ccc(O)cc1)C(C)C. The summed E-state index contributed by atoms with van der Waals surface area (Å²) in [5, 5.41) is 16.6. The zero-order chi connectivity index (χ0) is 42.6. The first kappa shape index (κ1) is 39.6. The number of morpholine rings is 1. The molecule has 2 saturated heterocycles. The number of nitrogens with one attached hydrogen (secondary N) is 2. The number of nitrogens with zero attached hydrogens (tertiary/aromatic N) is 3. The molecule has 3 N–H and O–H groups in total. The number of thiazole rings is 1. The Morgan fingerprint density at radius 2 is 1.44 bits per heavy atom. The van der Waals surface area contributed by atoms with Gasteiger partial charge >= 0.3 is 18.0 Å². The van der Waals surface area contributed by atoms with Gasteiger partial charge in [-0.25, -0.2) is 19.5 Å². The van der Waals surface area contributed by atoms with Gasteiger partial charge in [-0.1, -0.05) is 128 Å². The van der Waals surface area contributed by atoms with Crippen LogP contribution in [-0.2, 0) is 34.1 Å². The maximum atomic E-state index is 16.2. The van der Waals surface area contributed by atoms with Crippen LogP contribution in [0.1, 0.15) is 54.3 Å². The van der Waals surface area contributed by atoms with Gasteiger partial charge in [0.15, 0.2) is 5.13 Å². The van der Waals surface area contributed by atoms with Gasteiger partial charge in [0.05, 0.1) is 41.0 Å². The van der Waals surface area contributed by atoms with Crippen LogP contribution in [0.25, 0.3) is 10.2 Å². The van der Waals surface area contributed by atoms with Crippen molar-refractivity contribution in [3.8, 4) is 5.75 Å². The molecule has 4 heterocycles. The second-order valence-corrected chi connectivity index (χ2v) is 16.7. The first-order valence-electron chi connectivity index (χ1n) is 19.9. The highest BCUT2D eigenvalue weighted by Crippen LogP contribution is 2.66. The number of hydrogen-bond donors (Lipinski definition) is 3. The van der Waals surface area contributed by atoms with E-state index in [0.29, 0.717) is 22.2 Å². The summed E-state index contributed by atoms with van der Waals surface area (Å²) in [5.74, 6) is -4.95. The van der Waals surface area contributed by atoms with Crippen LogP contribution in [-0.4, -0.2) is 64.0 Å². The number of aromatic hydroxyl groups is 1. The minimum atomic E-state index is -2.01. The summed E-state index contributed by atoms with van der Waals surface area (Å²) >= 11 is 1.24. The van der Waals surface area contributed by atoms with Gasteiger partial charge in [0, 0.05) is 0 Å². The minimum absolute atomic E-state index is 0.0426. The summed E-state index contributed by atoms with van der Waals surface area (Å²) in [7, 11) is 1.21. The van der Waals surface area contributed by atoms with Crippen molar-refractivity contribution in [1.82, 2.24) is 15.2 Å². The molecule has 308 valence electrons. The van der Waals surface area contributed by atoms with E-state index < -0.39 is 77.3 Å². The molecule has 0 radical (unpaired) electrons. The maximum Gasteiger partial charge on any atom is 0.329 e. The van der Waals surface area contributed by atoms with E-state index in [1.54, 1.807) is 50.2 Å². The molecule has 4 amide bonds. The van der Waals surface area contributed by atoms with Crippen molar-refractivity contribution in [2.75, 3.05) is 17.3 Å². The van der Waals surface area contributed by atoms with Gasteiger partial charge in [0.2, 0.25) is 11.8 Å². The van der Waals surface area contributed by atoms with Gasteiger partial charge in [0.1, 0.15) is 29.4 Å². The Hall–Kier alpha value is -6.90. The molecular weight excluding hydrogens is 795 g/mol. The third-order valence-corrected chi connectivity index (χ3v) is 12.9. The molecule has 5 aromatic carbocycles. The van der Waals surface area contributed by atoms with Crippen LogP contribution in [0.2, 0.25) is 0 Å². The van der Waals surface area contributed by atoms with Crippen molar-refractivity contribution in [1.29, 1.82) is 0 Å². The minimum Gasteiger partial charge on any atom is -0.508 e. The second kappa shape index (κ2) is 15.6.